The van der Waals surface area contributed by atoms with Crippen molar-refractivity contribution in [3.8, 4) is 22.8 Å². The number of nitrogens with zero attached hydrogens (tertiary/aromatic N) is 3. The maximum Gasteiger partial charge on any atom is 0.203 e. The van der Waals surface area contributed by atoms with Gasteiger partial charge in [0.15, 0.2) is 11.5 Å². The molecule has 29 heavy (non-hydrogen) atoms. The quantitative estimate of drug-likeness (QED) is 0.524. The normalized spacial score (nSPS) is 10.9. The van der Waals surface area contributed by atoms with Crippen molar-refractivity contribution < 1.29 is 9.47 Å². The first-order valence-electron chi connectivity index (χ1n) is 9.43. The molecular weight excluding hydrogens is 364 g/mol. The van der Waals surface area contributed by atoms with Gasteiger partial charge in [-0.3, -0.25) is 4.98 Å². The minimum absolute atomic E-state index is 0.678. The molecule has 4 rings (SSSR count). The number of ether oxygens (including phenoxy) is 2. The van der Waals surface area contributed by atoms with E-state index in [4.69, 9.17) is 14.5 Å². The van der Waals surface area contributed by atoms with Crippen molar-refractivity contribution in [2.24, 2.45) is 7.05 Å². The molecule has 2 aromatic heterocycles. The summed E-state index contributed by atoms with van der Waals surface area (Å²) in [6.45, 7) is 2.81. The van der Waals surface area contributed by atoms with E-state index < -0.39 is 0 Å². The zero-order valence-corrected chi connectivity index (χ0v) is 17.1. The molecule has 2 aromatic carbocycles. The molecule has 1 N–H and O–H groups in total. The average Bonchev–Trinajstić information content (AvgIpc) is 3.07. The summed E-state index contributed by atoms with van der Waals surface area (Å²) in [7, 11) is 5.26. The number of fused-ring (bicyclic) bond motifs is 1. The summed E-state index contributed by atoms with van der Waals surface area (Å²) in [5.74, 6) is 2.19. The number of aromatic nitrogens is 3. The van der Waals surface area contributed by atoms with Gasteiger partial charge in [-0.05, 0) is 36.8 Å². The minimum Gasteiger partial charge on any atom is -0.493 e. The van der Waals surface area contributed by atoms with Crippen LogP contribution in [0.4, 0.5) is 5.95 Å². The van der Waals surface area contributed by atoms with Crippen molar-refractivity contribution in [1.29, 1.82) is 0 Å². The first-order valence-corrected chi connectivity index (χ1v) is 9.43. The fraction of sp³-hybridized carbons (Fsp3) is 0.217. The highest BCUT2D eigenvalue weighted by atomic mass is 16.5. The van der Waals surface area contributed by atoms with Gasteiger partial charge in [0, 0.05) is 19.2 Å². The first-order chi connectivity index (χ1) is 14.1. The van der Waals surface area contributed by atoms with E-state index in [9.17, 15) is 0 Å². The Balaban J connectivity index is 1.64. The fourth-order valence-corrected chi connectivity index (χ4v) is 3.41. The third kappa shape index (κ3) is 3.74. The molecule has 148 valence electrons. The van der Waals surface area contributed by atoms with E-state index >= 15 is 0 Å². The van der Waals surface area contributed by atoms with Crippen LogP contribution in [0.2, 0.25) is 0 Å². The Bertz CT molecular complexity index is 1170. The molecule has 0 amide bonds. The van der Waals surface area contributed by atoms with E-state index in [1.54, 1.807) is 20.4 Å². The van der Waals surface area contributed by atoms with Gasteiger partial charge in [0.25, 0.3) is 0 Å². The van der Waals surface area contributed by atoms with E-state index in [0.717, 1.165) is 34.8 Å². The topological polar surface area (TPSA) is 61.2 Å². The number of aryl methyl sites for hydroxylation is 2. The number of imidazole rings is 1. The highest BCUT2D eigenvalue weighted by molar-refractivity contribution is 5.82. The lowest BCUT2D eigenvalue weighted by atomic mass is 10.1. The molecular formula is C23H24N4O2. The van der Waals surface area contributed by atoms with E-state index in [1.807, 2.05) is 31.3 Å². The number of hydrogen-bond donors (Lipinski definition) is 1. The van der Waals surface area contributed by atoms with Crippen molar-refractivity contribution in [3.63, 3.8) is 0 Å². The van der Waals surface area contributed by atoms with Crippen LogP contribution in [0.15, 0.2) is 54.7 Å². The van der Waals surface area contributed by atoms with Crippen molar-refractivity contribution in [2.75, 3.05) is 19.5 Å². The van der Waals surface area contributed by atoms with Crippen LogP contribution in [-0.4, -0.2) is 28.8 Å². The Morgan fingerprint density at radius 1 is 1.00 bits per heavy atom. The van der Waals surface area contributed by atoms with E-state index in [0.29, 0.717) is 11.5 Å². The molecule has 0 aliphatic heterocycles. The maximum absolute atomic E-state index is 5.42. The Labute approximate surface area is 170 Å². The number of hydrogen-bond acceptors (Lipinski definition) is 5. The second-order valence-electron chi connectivity index (χ2n) is 6.97. The molecule has 6 nitrogen and oxygen atoms in total. The molecule has 0 spiro atoms. The molecule has 0 unspecified atom stereocenters. The van der Waals surface area contributed by atoms with Crippen LogP contribution in [0, 0.1) is 6.92 Å². The summed E-state index contributed by atoms with van der Waals surface area (Å²) < 4.78 is 12.8. The SMILES string of the molecule is COc1ccc(-c2cc3c(cn2)nc(NCc2cccc(C)c2)n3C)cc1OC. The van der Waals surface area contributed by atoms with Gasteiger partial charge >= 0.3 is 0 Å². The van der Waals surface area contributed by atoms with Crippen LogP contribution >= 0.6 is 0 Å². The lowest BCUT2D eigenvalue weighted by Gasteiger charge is -2.09. The molecule has 0 aliphatic rings. The number of anilines is 1. The molecule has 0 fully saturated rings. The summed E-state index contributed by atoms with van der Waals surface area (Å²) >= 11 is 0. The van der Waals surface area contributed by atoms with Crippen LogP contribution in [0.5, 0.6) is 11.5 Å². The zero-order valence-electron chi connectivity index (χ0n) is 17.1. The Hall–Kier alpha value is -3.54. The second-order valence-corrected chi connectivity index (χ2v) is 6.97. The van der Waals surface area contributed by atoms with Gasteiger partial charge < -0.3 is 19.4 Å². The van der Waals surface area contributed by atoms with E-state index in [1.165, 1.54) is 11.1 Å². The number of methoxy groups -OCH3 is 2. The molecule has 0 saturated carbocycles. The summed E-state index contributed by atoms with van der Waals surface area (Å²) in [6, 6.07) is 16.3. The molecule has 0 radical (unpaired) electrons. The lowest BCUT2D eigenvalue weighted by Crippen LogP contribution is -2.05. The minimum atomic E-state index is 0.678. The van der Waals surface area contributed by atoms with Gasteiger partial charge in [-0.2, -0.15) is 0 Å². The van der Waals surface area contributed by atoms with E-state index in [-0.39, 0.29) is 0 Å². The van der Waals surface area contributed by atoms with Crippen molar-refractivity contribution in [2.45, 2.75) is 13.5 Å². The van der Waals surface area contributed by atoms with Gasteiger partial charge in [-0.15, -0.1) is 0 Å². The summed E-state index contributed by atoms with van der Waals surface area (Å²) in [5, 5.41) is 3.43. The predicted octanol–water partition coefficient (Wildman–Crippen LogP) is 4.57. The van der Waals surface area contributed by atoms with Crippen LogP contribution in [0.25, 0.3) is 22.3 Å². The highest BCUT2D eigenvalue weighted by Crippen LogP contribution is 2.32. The standard InChI is InChI=1S/C23H24N4O2/c1-15-6-5-7-16(10-15)13-25-23-26-19-14-24-18(12-20(19)27(23)2)17-8-9-21(28-3)22(11-17)29-4/h5-12,14H,13H2,1-4H3,(H,25,26). The van der Waals surface area contributed by atoms with Crippen LogP contribution < -0.4 is 14.8 Å². The predicted molar refractivity (Wildman–Crippen MR) is 116 cm³/mol. The van der Waals surface area contributed by atoms with Crippen LogP contribution in [-0.2, 0) is 13.6 Å². The molecule has 0 bridgehead atoms. The monoisotopic (exact) mass is 388 g/mol. The summed E-state index contributed by atoms with van der Waals surface area (Å²) in [6.07, 6.45) is 1.80. The van der Waals surface area contributed by atoms with Gasteiger partial charge in [0.05, 0.1) is 31.6 Å². The third-order valence-electron chi connectivity index (χ3n) is 4.98. The number of nitrogens with one attached hydrogen (secondary N) is 1. The Morgan fingerprint density at radius 2 is 1.83 bits per heavy atom. The van der Waals surface area contributed by atoms with Gasteiger partial charge in [0.1, 0.15) is 5.52 Å². The second kappa shape index (κ2) is 7.83. The molecule has 0 aliphatic carbocycles. The molecule has 2 heterocycles. The molecule has 0 atom stereocenters. The molecule has 6 heteroatoms. The zero-order chi connectivity index (χ0) is 20.4. The lowest BCUT2D eigenvalue weighted by molar-refractivity contribution is 0.355. The van der Waals surface area contributed by atoms with Crippen LogP contribution in [0.3, 0.4) is 0 Å². The highest BCUT2D eigenvalue weighted by Gasteiger charge is 2.12. The number of pyridine rings is 1. The van der Waals surface area contributed by atoms with E-state index in [2.05, 4.69) is 46.1 Å². The number of rotatable bonds is 6. The molecule has 4 aromatic rings. The van der Waals surface area contributed by atoms with Crippen molar-refractivity contribution >= 4 is 17.0 Å². The van der Waals surface area contributed by atoms with Gasteiger partial charge in [-0.1, -0.05) is 29.8 Å². The smallest absolute Gasteiger partial charge is 0.203 e. The van der Waals surface area contributed by atoms with Gasteiger partial charge in [0.2, 0.25) is 5.95 Å². The number of benzene rings is 2. The average molecular weight is 388 g/mol. The largest absolute Gasteiger partial charge is 0.493 e. The van der Waals surface area contributed by atoms with Crippen molar-refractivity contribution in [3.05, 3.63) is 65.9 Å². The van der Waals surface area contributed by atoms with Crippen LogP contribution in [0.1, 0.15) is 11.1 Å². The Morgan fingerprint density at radius 3 is 2.59 bits per heavy atom. The third-order valence-corrected chi connectivity index (χ3v) is 4.98. The maximum atomic E-state index is 5.42. The first kappa shape index (κ1) is 18.8. The summed E-state index contributed by atoms with van der Waals surface area (Å²) in [4.78, 5) is 9.28. The van der Waals surface area contributed by atoms with Gasteiger partial charge in [-0.25, -0.2) is 4.98 Å². The Kier molecular flexibility index (Phi) is 5.08. The summed E-state index contributed by atoms with van der Waals surface area (Å²) in [5.41, 5.74) is 6.14. The van der Waals surface area contributed by atoms with Crippen molar-refractivity contribution in [1.82, 2.24) is 14.5 Å². The molecule has 0 saturated heterocycles. The fourth-order valence-electron chi connectivity index (χ4n) is 3.41.